The standard InChI is InChI=1S/C5H7ClN2.ClH/c1-8-3-2-7-5(8)4-6;/h2-3H,4H2,1H3;1H. The minimum absolute atomic E-state index is 0. The van der Waals surface area contributed by atoms with Gasteiger partial charge in [-0.25, -0.2) is 4.98 Å². The first-order valence-electron chi connectivity index (χ1n) is 2.36. The fourth-order valence-corrected chi connectivity index (χ4v) is 0.783. The molecule has 4 heteroatoms. The van der Waals surface area contributed by atoms with Crippen molar-refractivity contribution >= 4 is 24.0 Å². The molecule has 0 fully saturated rings. The summed E-state index contributed by atoms with van der Waals surface area (Å²) in [5, 5.41) is 0. The number of hydrogen-bond donors (Lipinski definition) is 0. The SMILES string of the molecule is Cl.Cn1ccnc1CCl. The molecule has 1 heterocycles. The van der Waals surface area contributed by atoms with Crippen molar-refractivity contribution in [2.24, 2.45) is 7.05 Å². The van der Waals surface area contributed by atoms with E-state index in [2.05, 4.69) is 4.98 Å². The van der Waals surface area contributed by atoms with Crippen molar-refractivity contribution in [2.75, 3.05) is 0 Å². The Hall–Kier alpha value is -0.210. The molecule has 1 aromatic heterocycles. The Morgan fingerprint density at radius 1 is 1.78 bits per heavy atom. The van der Waals surface area contributed by atoms with Gasteiger partial charge in [-0.2, -0.15) is 0 Å². The summed E-state index contributed by atoms with van der Waals surface area (Å²) in [6.07, 6.45) is 3.61. The van der Waals surface area contributed by atoms with Crippen LogP contribution in [0, 0.1) is 0 Å². The van der Waals surface area contributed by atoms with Gasteiger partial charge < -0.3 is 4.57 Å². The lowest BCUT2D eigenvalue weighted by Gasteiger charge is -1.91. The summed E-state index contributed by atoms with van der Waals surface area (Å²) in [4.78, 5) is 3.97. The van der Waals surface area contributed by atoms with E-state index in [9.17, 15) is 0 Å². The van der Waals surface area contributed by atoms with Crippen LogP contribution in [-0.2, 0) is 12.9 Å². The molecule has 0 saturated heterocycles. The molecule has 0 spiro atoms. The lowest BCUT2D eigenvalue weighted by Crippen LogP contribution is -1.91. The second kappa shape index (κ2) is 3.75. The lowest BCUT2D eigenvalue weighted by molar-refractivity contribution is 0.847. The van der Waals surface area contributed by atoms with Crippen LogP contribution in [0.1, 0.15) is 5.82 Å². The van der Waals surface area contributed by atoms with Gasteiger partial charge in [0.15, 0.2) is 0 Å². The van der Waals surface area contributed by atoms with Crippen molar-refractivity contribution in [1.29, 1.82) is 0 Å². The topological polar surface area (TPSA) is 17.8 Å². The van der Waals surface area contributed by atoms with Crippen LogP contribution >= 0.6 is 24.0 Å². The third-order valence-electron chi connectivity index (χ3n) is 1.04. The van der Waals surface area contributed by atoms with E-state index in [0.29, 0.717) is 5.88 Å². The molecule has 0 aliphatic rings. The molecule has 0 amide bonds. The zero-order valence-electron chi connectivity index (χ0n) is 5.04. The van der Waals surface area contributed by atoms with Gasteiger partial charge in [-0.3, -0.25) is 0 Å². The maximum atomic E-state index is 5.49. The van der Waals surface area contributed by atoms with Crippen molar-refractivity contribution in [3.8, 4) is 0 Å². The molecule has 1 aromatic rings. The van der Waals surface area contributed by atoms with Crippen LogP contribution in [-0.4, -0.2) is 9.55 Å². The van der Waals surface area contributed by atoms with Gasteiger partial charge in [0.1, 0.15) is 5.82 Å². The number of hydrogen-bond acceptors (Lipinski definition) is 1. The zero-order chi connectivity index (χ0) is 5.98. The predicted molar refractivity (Wildman–Crippen MR) is 40.0 cm³/mol. The maximum Gasteiger partial charge on any atom is 0.123 e. The number of halogens is 2. The molecule has 0 aromatic carbocycles. The van der Waals surface area contributed by atoms with Crippen LogP contribution < -0.4 is 0 Å². The average molecular weight is 167 g/mol. The van der Waals surface area contributed by atoms with Crippen molar-refractivity contribution in [3.63, 3.8) is 0 Å². The van der Waals surface area contributed by atoms with E-state index in [4.69, 9.17) is 11.6 Å². The first kappa shape index (κ1) is 8.79. The van der Waals surface area contributed by atoms with Gasteiger partial charge in [0.2, 0.25) is 0 Å². The van der Waals surface area contributed by atoms with E-state index in [1.54, 1.807) is 6.20 Å². The number of alkyl halides is 1. The van der Waals surface area contributed by atoms with Gasteiger partial charge in [0.25, 0.3) is 0 Å². The van der Waals surface area contributed by atoms with Crippen LogP contribution in [0.3, 0.4) is 0 Å². The highest BCUT2D eigenvalue weighted by Crippen LogP contribution is 1.96. The van der Waals surface area contributed by atoms with E-state index in [1.807, 2.05) is 17.8 Å². The highest BCUT2D eigenvalue weighted by Gasteiger charge is 1.92. The second-order valence-corrected chi connectivity index (χ2v) is 1.86. The first-order valence-corrected chi connectivity index (χ1v) is 2.90. The summed E-state index contributed by atoms with van der Waals surface area (Å²) in [5.74, 6) is 1.40. The number of nitrogens with zero attached hydrogens (tertiary/aromatic N) is 2. The van der Waals surface area contributed by atoms with Crippen LogP contribution in [0.15, 0.2) is 12.4 Å². The fraction of sp³-hybridized carbons (Fsp3) is 0.400. The molecule has 0 radical (unpaired) electrons. The van der Waals surface area contributed by atoms with Crippen molar-refractivity contribution in [1.82, 2.24) is 9.55 Å². The van der Waals surface area contributed by atoms with Crippen molar-refractivity contribution < 1.29 is 0 Å². The Kier molecular flexibility index (Phi) is 3.66. The summed E-state index contributed by atoms with van der Waals surface area (Å²) in [6, 6.07) is 0. The molecule has 0 N–H and O–H groups in total. The van der Waals surface area contributed by atoms with E-state index in [-0.39, 0.29) is 12.4 Å². The minimum atomic E-state index is 0. The normalized spacial score (nSPS) is 8.67. The van der Waals surface area contributed by atoms with Crippen LogP contribution in [0.4, 0.5) is 0 Å². The van der Waals surface area contributed by atoms with Gasteiger partial charge >= 0.3 is 0 Å². The molecule has 9 heavy (non-hydrogen) atoms. The van der Waals surface area contributed by atoms with Crippen molar-refractivity contribution in [3.05, 3.63) is 18.2 Å². The van der Waals surface area contributed by atoms with E-state index in [1.165, 1.54) is 0 Å². The van der Waals surface area contributed by atoms with Gasteiger partial charge in [-0.1, -0.05) is 0 Å². The number of aromatic nitrogens is 2. The number of aryl methyl sites for hydroxylation is 1. The minimum Gasteiger partial charge on any atom is -0.337 e. The van der Waals surface area contributed by atoms with Crippen LogP contribution in [0.25, 0.3) is 0 Å². The largest absolute Gasteiger partial charge is 0.337 e. The molecule has 0 aliphatic carbocycles. The quantitative estimate of drug-likeness (QED) is 0.580. The molecule has 0 aliphatic heterocycles. The molecule has 0 unspecified atom stereocenters. The lowest BCUT2D eigenvalue weighted by atomic mass is 10.7. The molecule has 0 saturated carbocycles. The molecular formula is C5H8Cl2N2. The first-order chi connectivity index (χ1) is 3.84. The number of imidazole rings is 1. The summed E-state index contributed by atoms with van der Waals surface area (Å²) < 4.78 is 1.90. The van der Waals surface area contributed by atoms with Gasteiger partial charge in [0.05, 0.1) is 5.88 Å². The van der Waals surface area contributed by atoms with Gasteiger partial charge in [-0.15, -0.1) is 24.0 Å². The highest BCUT2D eigenvalue weighted by molar-refractivity contribution is 6.16. The Morgan fingerprint density at radius 3 is 2.67 bits per heavy atom. The Morgan fingerprint density at radius 2 is 2.44 bits per heavy atom. The van der Waals surface area contributed by atoms with E-state index in [0.717, 1.165) is 5.82 Å². The Labute approximate surface area is 65.3 Å². The van der Waals surface area contributed by atoms with E-state index >= 15 is 0 Å². The molecule has 0 atom stereocenters. The molecule has 0 bridgehead atoms. The third kappa shape index (κ3) is 1.88. The Bertz CT molecular complexity index is 173. The second-order valence-electron chi connectivity index (χ2n) is 1.59. The maximum absolute atomic E-state index is 5.49. The summed E-state index contributed by atoms with van der Waals surface area (Å²) in [7, 11) is 1.92. The van der Waals surface area contributed by atoms with E-state index < -0.39 is 0 Å². The predicted octanol–water partition coefficient (Wildman–Crippen LogP) is 1.58. The average Bonchev–Trinajstić information content (AvgIpc) is 2.14. The third-order valence-corrected chi connectivity index (χ3v) is 1.28. The van der Waals surface area contributed by atoms with Crippen LogP contribution in [0.2, 0.25) is 0 Å². The smallest absolute Gasteiger partial charge is 0.123 e. The summed E-state index contributed by atoms with van der Waals surface area (Å²) in [6.45, 7) is 0. The molecule has 1 rings (SSSR count). The summed E-state index contributed by atoms with van der Waals surface area (Å²) in [5.41, 5.74) is 0. The Balaban J connectivity index is 0.000000640. The molecular weight excluding hydrogens is 159 g/mol. The monoisotopic (exact) mass is 166 g/mol. The van der Waals surface area contributed by atoms with Crippen molar-refractivity contribution in [2.45, 2.75) is 5.88 Å². The van der Waals surface area contributed by atoms with Crippen LogP contribution in [0.5, 0.6) is 0 Å². The number of rotatable bonds is 1. The van der Waals surface area contributed by atoms with Gasteiger partial charge in [-0.05, 0) is 0 Å². The molecule has 52 valence electrons. The molecule has 2 nitrogen and oxygen atoms in total. The highest BCUT2D eigenvalue weighted by atomic mass is 35.5. The summed E-state index contributed by atoms with van der Waals surface area (Å²) >= 11 is 5.49. The fourth-order valence-electron chi connectivity index (χ4n) is 0.525. The zero-order valence-corrected chi connectivity index (χ0v) is 6.61. The van der Waals surface area contributed by atoms with Gasteiger partial charge in [0, 0.05) is 19.4 Å².